The average molecular weight is 541 g/mol. The number of nitrogens with zero attached hydrogens (tertiary/aromatic N) is 3. The second kappa shape index (κ2) is 11.8. The summed E-state index contributed by atoms with van der Waals surface area (Å²) in [5.74, 6) is 0.0507. The predicted octanol–water partition coefficient (Wildman–Crippen LogP) is 5.07. The number of hydrogen-bond acceptors (Lipinski definition) is 5. The summed E-state index contributed by atoms with van der Waals surface area (Å²) in [7, 11) is -2.37. The van der Waals surface area contributed by atoms with Gasteiger partial charge >= 0.3 is 0 Å². The van der Waals surface area contributed by atoms with Gasteiger partial charge in [-0.2, -0.15) is 9.40 Å². The number of nitrogens with one attached hydrogen (secondary N) is 1. The van der Waals surface area contributed by atoms with Crippen LogP contribution in [0.25, 0.3) is 5.69 Å². The van der Waals surface area contributed by atoms with Crippen LogP contribution in [0.2, 0.25) is 0 Å². The number of methoxy groups -OCH3 is 1. The van der Waals surface area contributed by atoms with Crippen LogP contribution in [-0.2, 0) is 25.0 Å². The standard InChI is InChI=1S/C29H40N4O4S/c1-20-16-22(3)28(23(4)17-20)38(35,36)32(14-11-15-37-8)19-27(34)30-26-18-25(29(5,6)7)31-33(26)24-13-10-9-12-21(24)2/h9-10,12-13,16-18H,11,14-15,19H2,1-8H3,(H,30,34). The van der Waals surface area contributed by atoms with Gasteiger partial charge in [-0.1, -0.05) is 56.7 Å². The van der Waals surface area contributed by atoms with E-state index in [1.54, 1.807) is 25.6 Å². The summed E-state index contributed by atoms with van der Waals surface area (Å²) < 4.78 is 35.8. The molecule has 0 fully saturated rings. The zero-order valence-corrected chi connectivity index (χ0v) is 24.6. The number of aromatic nitrogens is 2. The summed E-state index contributed by atoms with van der Waals surface area (Å²) in [5.41, 5.74) is 4.71. The minimum absolute atomic E-state index is 0.153. The molecule has 206 valence electrons. The van der Waals surface area contributed by atoms with Crippen LogP contribution in [0.15, 0.2) is 47.4 Å². The van der Waals surface area contributed by atoms with Crippen LogP contribution >= 0.6 is 0 Å². The number of hydrogen-bond donors (Lipinski definition) is 1. The number of sulfonamides is 1. The first-order chi connectivity index (χ1) is 17.8. The van der Waals surface area contributed by atoms with Crippen LogP contribution in [0, 0.1) is 27.7 Å². The van der Waals surface area contributed by atoms with Crippen molar-refractivity contribution in [2.75, 3.05) is 32.1 Å². The normalized spacial score (nSPS) is 12.2. The third-order valence-electron chi connectivity index (χ3n) is 6.37. The van der Waals surface area contributed by atoms with E-state index in [1.165, 1.54) is 4.31 Å². The quantitative estimate of drug-likeness (QED) is 0.363. The second-order valence-corrected chi connectivity index (χ2v) is 12.7. The van der Waals surface area contributed by atoms with Crippen molar-refractivity contribution in [2.24, 2.45) is 0 Å². The molecule has 9 heteroatoms. The van der Waals surface area contributed by atoms with Gasteiger partial charge in [-0.05, 0) is 56.9 Å². The fourth-order valence-electron chi connectivity index (χ4n) is 4.54. The fraction of sp³-hybridized carbons (Fsp3) is 0.448. The Hall–Kier alpha value is -3.01. The maximum Gasteiger partial charge on any atom is 0.244 e. The van der Waals surface area contributed by atoms with Crippen LogP contribution in [0.5, 0.6) is 0 Å². The van der Waals surface area contributed by atoms with Gasteiger partial charge in [0.05, 0.1) is 22.8 Å². The van der Waals surface area contributed by atoms with E-state index in [0.29, 0.717) is 30.0 Å². The molecule has 0 aliphatic carbocycles. The Morgan fingerprint density at radius 2 is 1.66 bits per heavy atom. The van der Waals surface area contributed by atoms with Crippen molar-refractivity contribution in [1.82, 2.24) is 14.1 Å². The second-order valence-electron chi connectivity index (χ2n) is 10.8. The molecule has 0 atom stereocenters. The highest BCUT2D eigenvalue weighted by Gasteiger charge is 2.30. The summed E-state index contributed by atoms with van der Waals surface area (Å²) in [4.78, 5) is 13.6. The van der Waals surface area contributed by atoms with Gasteiger partial charge in [-0.15, -0.1) is 0 Å². The van der Waals surface area contributed by atoms with Crippen molar-refractivity contribution in [1.29, 1.82) is 0 Å². The average Bonchev–Trinajstić information content (AvgIpc) is 3.22. The molecule has 3 rings (SSSR count). The Bertz CT molecular complexity index is 1380. The summed E-state index contributed by atoms with van der Waals surface area (Å²) in [6, 6.07) is 13.3. The predicted molar refractivity (Wildman–Crippen MR) is 152 cm³/mol. The first kappa shape index (κ1) is 29.5. The topological polar surface area (TPSA) is 93.5 Å². The molecule has 0 unspecified atom stereocenters. The number of anilines is 1. The molecule has 1 N–H and O–H groups in total. The zero-order valence-electron chi connectivity index (χ0n) is 23.8. The zero-order chi connectivity index (χ0) is 28.3. The Morgan fingerprint density at radius 1 is 1.03 bits per heavy atom. The highest BCUT2D eigenvalue weighted by molar-refractivity contribution is 7.89. The van der Waals surface area contributed by atoms with Crippen LogP contribution in [0.1, 0.15) is 55.1 Å². The maximum absolute atomic E-state index is 13.8. The highest BCUT2D eigenvalue weighted by atomic mass is 32.2. The molecule has 0 saturated heterocycles. The molecule has 0 bridgehead atoms. The minimum atomic E-state index is -3.94. The van der Waals surface area contributed by atoms with E-state index in [0.717, 1.165) is 22.5 Å². The minimum Gasteiger partial charge on any atom is -0.385 e. The van der Waals surface area contributed by atoms with Crippen molar-refractivity contribution in [2.45, 2.75) is 65.2 Å². The molecule has 0 aliphatic heterocycles. The number of rotatable bonds is 10. The van der Waals surface area contributed by atoms with E-state index in [1.807, 2.05) is 56.3 Å². The van der Waals surface area contributed by atoms with Crippen LogP contribution < -0.4 is 5.32 Å². The molecule has 38 heavy (non-hydrogen) atoms. The molecular weight excluding hydrogens is 500 g/mol. The van der Waals surface area contributed by atoms with Crippen molar-refractivity contribution in [3.63, 3.8) is 0 Å². The van der Waals surface area contributed by atoms with Gasteiger partial charge in [0.25, 0.3) is 0 Å². The van der Waals surface area contributed by atoms with Crippen molar-refractivity contribution in [3.8, 4) is 5.69 Å². The summed E-state index contributed by atoms with van der Waals surface area (Å²) in [6.07, 6.45) is 0.461. The van der Waals surface area contributed by atoms with Crippen LogP contribution in [0.4, 0.5) is 5.82 Å². The molecule has 1 amide bonds. The smallest absolute Gasteiger partial charge is 0.244 e. The number of carbonyl (C=O) groups is 1. The van der Waals surface area contributed by atoms with Gasteiger partial charge in [0.1, 0.15) is 5.82 Å². The summed E-state index contributed by atoms with van der Waals surface area (Å²) >= 11 is 0. The first-order valence-electron chi connectivity index (χ1n) is 12.8. The van der Waals surface area contributed by atoms with Gasteiger partial charge in [0.2, 0.25) is 15.9 Å². The lowest BCUT2D eigenvalue weighted by molar-refractivity contribution is -0.116. The number of ether oxygens (including phenoxy) is 1. The van der Waals surface area contributed by atoms with Crippen molar-refractivity contribution < 1.29 is 17.9 Å². The number of benzene rings is 2. The molecule has 1 heterocycles. The molecule has 0 spiro atoms. The molecule has 0 aliphatic rings. The summed E-state index contributed by atoms with van der Waals surface area (Å²) in [6.45, 7) is 13.9. The monoisotopic (exact) mass is 540 g/mol. The maximum atomic E-state index is 13.8. The SMILES string of the molecule is COCCCN(CC(=O)Nc1cc(C(C)(C)C)nn1-c1ccccc1C)S(=O)(=O)c1c(C)cc(C)cc1C. The van der Waals surface area contributed by atoms with Gasteiger partial charge < -0.3 is 10.1 Å². The number of para-hydroxylation sites is 1. The van der Waals surface area contributed by atoms with E-state index >= 15 is 0 Å². The van der Waals surface area contributed by atoms with E-state index < -0.39 is 15.9 Å². The van der Waals surface area contributed by atoms with E-state index in [9.17, 15) is 13.2 Å². The van der Waals surface area contributed by atoms with E-state index in [-0.39, 0.29) is 23.4 Å². The lowest BCUT2D eigenvalue weighted by Gasteiger charge is -2.24. The molecule has 1 aromatic heterocycles. The van der Waals surface area contributed by atoms with Gasteiger partial charge in [-0.25, -0.2) is 13.1 Å². The third kappa shape index (κ3) is 6.70. The van der Waals surface area contributed by atoms with Crippen LogP contribution in [0.3, 0.4) is 0 Å². The molecule has 3 aromatic rings. The highest BCUT2D eigenvalue weighted by Crippen LogP contribution is 2.28. The first-order valence-corrected chi connectivity index (χ1v) is 14.2. The third-order valence-corrected chi connectivity index (χ3v) is 8.52. The van der Waals surface area contributed by atoms with Gasteiger partial charge in [0, 0.05) is 31.7 Å². The number of aryl methyl sites for hydroxylation is 4. The Labute approximate surface area is 227 Å². The van der Waals surface area contributed by atoms with Crippen molar-refractivity contribution >= 4 is 21.7 Å². The molecule has 8 nitrogen and oxygen atoms in total. The Balaban J connectivity index is 1.97. The van der Waals surface area contributed by atoms with Gasteiger partial charge in [-0.3, -0.25) is 4.79 Å². The molecular formula is C29H40N4O4S. The Morgan fingerprint density at radius 3 is 2.24 bits per heavy atom. The number of carbonyl (C=O) groups excluding carboxylic acids is 1. The molecule has 0 radical (unpaired) electrons. The van der Waals surface area contributed by atoms with Crippen LogP contribution in [-0.4, -0.2) is 55.2 Å². The molecule has 0 saturated carbocycles. The van der Waals surface area contributed by atoms with Crippen molar-refractivity contribution in [3.05, 3.63) is 70.4 Å². The fourth-order valence-corrected chi connectivity index (χ4v) is 6.38. The van der Waals surface area contributed by atoms with Gasteiger partial charge in [0.15, 0.2) is 0 Å². The number of amides is 1. The van der Waals surface area contributed by atoms with E-state index in [2.05, 4.69) is 26.1 Å². The summed E-state index contributed by atoms with van der Waals surface area (Å²) in [5, 5.41) is 7.72. The van der Waals surface area contributed by atoms with E-state index in [4.69, 9.17) is 9.84 Å². The lowest BCUT2D eigenvalue weighted by atomic mass is 9.92. The largest absolute Gasteiger partial charge is 0.385 e. The molecule has 2 aromatic carbocycles. The lowest BCUT2D eigenvalue weighted by Crippen LogP contribution is -2.39. The Kier molecular flexibility index (Phi) is 9.17.